The molecule has 1 aromatic carbocycles. The fourth-order valence-corrected chi connectivity index (χ4v) is 2.13. The van der Waals surface area contributed by atoms with Crippen molar-refractivity contribution in [3.05, 3.63) is 35.1 Å². The number of hydrogen-bond acceptors (Lipinski definition) is 2. The lowest BCUT2D eigenvalue weighted by Crippen LogP contribution is -2.35. The van der Waals surface area contributed by atoms with Gasteiger partial charge in [-0.05, 0) is 42.5 Å². The van der Waals surface area contributed by atoms with E-state index in [-0.39, 0.29) is 17.3 Å². The van der Waals surface area contributed by atoms with Crippen molar-refractivity contribution in [3.63, 3.8) is 0 Å². The third-order valence-corrected chi connectivity index (χ3v) is 3.04. The summed E-state index contributed by atoms with van der Waals surface area (Å²) in [5, 5.41) is 10.5. The molecular formula is C15H23FO2. The van der Waals surface area contributed by atoms with Crippen molar-refractivity contribution in [1.82, 2.24) is 0 Å². The molecule has 2 nitrogen and oxygen atoms in total. The standard InChI is InChI=1S/C15H23FO2/c1-6-18-14(15(3,4)5)13(17)12-8-7-11(16)9-10(12)2/h7-9,13-14,17H,6H2,1-5H3. The highest BCUT2D eigenvalue weighted by molar-refractivity contribution is 5.29. The highest BCUT2D eigenvalue weighted by atomic mass is 19.1. The van der Waals surface area contributed by atoms with E-state index in [1.165, 1.54) is 12.1 Å². The van der Waals surface area contributed by atoms with Gasteiger partial charge in [0.1, 0.15) is 11.9 Å². The summed E-state index contributed by atoms with van der Waals surface area (Å²) in [5.74, 6) is -0.285. The SMILES string of the molecule is CCOC(C(O)c1ccc(F)cc1C)C(C)(C)C. The normalized spacial score (nSPS) is 15.5. The van der Waals surface area contributed by atoms with Crippen LogP contribution in [0.25, 0.3) is 0 Å². The van der Waals surface area contributed by atoms with Gasteiger partial charge in [-0.15, -0.1) is 0 Å². The van der Waals surface area contributed by atoms with Crippen LogP contribution >= 0.6 is 0 Å². The van der Waals surface area contributed by atoms with Gasteiger partial charge in [0.2, 0.25) is 0 Å². The molecule has 0 fully saturated rings. The van der Waals surface area contributed by atoms with Gasteiger partial charge in [-0.25, -0.2) is 4.39 Å². The number of hydrogen-bond donors (Lipinski definition) is 1. The number of benzene rings is 1. The maximum Gasteiger partial charge on any atom is 0.123 e. The second-order valence-electron chi connectivity index (χ2n) is 5.69. The fourth-order valence-electron chi connectivity index (χ4n) is 2.13. The molecule has 0 bridgehead atoms. The fraction of sp³-hybridized carbons (Fsp3) is 0.600. The van der Waals surface area contributed by atoms with Crippen molar-refractivity contribution < 1.29 is 14.2 Å². The van der Waals surface area contributed by atoms with Gasteiger partial charge in [0.15, 0.2) is 0 Å². The van der Waals surface area contributed by atoms with Crippen LogP contribution in [0.2, 0.25) is 0 Å². The van der Waals surface area contributed by atoms with Crippen LogP contribution in [-0.4, -0.2) is 17.8 Å². The Morgan fingerprint density at radius 1 is 1.33 bits per heavy atom. The van der Waals surface area contributed by atoms with E-state index in [1.54, 1.807) is 13.0 Å². The Morgan fingerprint density at radius 3 is 2.39 bits per heavy atom. The molecule has 0 saturated carbocycles. The van der Waals surface area contributed by atoms with E-state index in [9.17, 15) is 9.50 Å². The van der Waals surface area contributed by atoms with Crippen molar-refractivity contribution in [1.29, 1.82) is 0 Å². The second kappa shape index (κ2) is 5.81. The van der Waals surface area contributed by atoms with Crippen molar-refractivity contribution in [2.75, 3.05) is 6.61 Å². The molecule has 2 unspecified atom stereocenters. The third-order valence-electron chi connectivity index (χ3n) is 3.04. The molecule has 0 spiro atoms. The molecule has 102 valence electrons. The topological polar surface area (TPSA) is 29.5 Å². The number of aliphatic hydroxyl groups is 1. The van der Waals surface area contributed by atoms with E-state index in [1.807, 2.05) is 27.7 Å². The third kappa shape index (κ3) is 3.53. The Kier molecular flexibility index (Phi) is 4.88. The Labute approximate surface area is 109 Å². The van der Waals surface area contributed by atoms with Crippen LogP contribution in [0.3, 0.4) is 0 Å². The summed E-state index contributed by atoms with van der Waals surface area (Å²) in [6.45, 7) is 10.3. The van der Waals surface area contributed by atoms with E-state index in [0.717, 1.165) is 11.1 Å². The Morgan fingerprint density at radius 2 is 1.94 bits per heavy atom. The Hall–Kier alpha value is -0.930. The zero-order valence-corrected chi connectivity index (χ0v) is 11.8. The van der Waals surface area contributed by atoms with Crippen LogP contribution in [0, 0.1) is 18.2 Å². The molecule has 0 aliphatic carbocycles. The van der Waals surface area contributed by atoms with Crippen LogP contribution in [0.4, 0.5) is 4.39 Å². The minimum absolute atomic E-state index is 0.184. The van der Waals surface area contributed by atoms with E-state index in [0.29, 0.717) is 6.61 Å². The van der Waals surface area contributed by atoms with Gasteiger partial charge in [-0.1, -0.05) is 26.8 Å². The molecule has 1 N–H and O–H groups in total. The number of aryl methyl sites for hydroxylation is 1. The minimum atomic E-state index is -0.745. The van der Waals surface area contributed by atoms with Crippen LogP contribution in [0.15, 0.2) is 18.2 Å². The van der Waals surface area contributed by atoms with E-state index >= 15 is 0 Å². The largest absolute Gasteiger partial charge is 0.386 e. The number of ether oxygens (including phenoxy) is 1. The lowest BCUT2D eigenvalue weighted by Gasteiger charge is -2.34. The Bertz CT molecular complexity index is 396. The quantitative estimate of drug-likeness (QED) is 0.889. The highest BCUT2D eigenvalue weighted by Crippen LogP contribution is 2.34. The lowest BCUT2D eigenvalue weighted by atomic mass is 9.82. The first-order valence-corrected chi connectivity index (χ1v) is 6.33. The molecule has 1 rings (SSSR count). The predicted octanol–water partition coefficient (Wildman–Crippen LogP) is 3.62. The number of rotatable bonds is 4. The molecule has 0 radical (unpaired) electrons. The predicted molar refractivity (Wildman–Crippen MR) is 71.0 cm³/mol. The molecule has 0 aliphatic heterocycles. The molecule has 0 saturated heterocycles. The maximum atomic E-state index is 13.1. The van der Waals surface area contributed by atoms with E-state index in [4.69, 9.17) is 4.74 Å². The molecular weight excluding hydrogens is 231 g/mol. The van der Waals surface area contributed by atoms with Gasteiger partial charge in [0, 0.05) is 6.61 Å². The van der Waals surface area contributed by atoms with E-state index < -0.39 is 6.10 Å². The summed E-state index contributed by atoms with van der Waals surface area (Å²) in [5.41, 5.74) is 1.29. The van der Waals surface area contributed by atoms with Gasteiger partial charge in [0.25, 0.3) is 0 Å². The van der Waals surface area contributed by atoms with Crippen LogP contribution in [0.5, 0.6) is 0 Å². The Balaban J connectivity index is 3.05. The smallest absolute Gasteiger partial charge is 0.123 e. The molecule has 0 aromatic heterocycles. The van der Waals surface area contributed by atoms with Crippen molar-refractivity contribution in [2.24, 2.45) is 5.41 Å². The first kappa shape index (κ1) is 15.1. The highest BCUT2D eigenvalue weighted by Gasteiger charge is 2.33. The van der Waals surface area contributed by atoms with Gasteiger partial charge in [0.05, 0.1) is 6.10 Å². The van der Waals surface area contributed by atoms with E-state index in [2.05, 4.69) is 0 Å². The van der Waals surface area contributed by atoms with Crippen molar-refractivity contribution in [3.8, 4) is 0 Å². The van der Waals surface area contributed by atoms with Crippen LogP contribution in [-0.2, 0) is 4.74 Å². The number of aliphatic hydroxyl groups excluding tert-OH is 1. The summed E-state index contributed by atoms with van der Waals surface area (Å²) in [6.07, 6.45) is -1.06. The van der Waals surface area contributed by atoms with Crippen molar-refractivity contribution in [2.45, 2.75) is 46.8 Å². The molecule has 0 amide bonds. The zero-order valence-electron chi connectivity index (χ0n) is 11.8. The first-order chi connectivity index (χ1) is 8.27. The second-order valence-corrected chi connectivity index (χ2v) is 5.69. The van der Waals surface area contributed by atoms with Gasteiger partial charge >= 0.3 is 0 Å². The summed E-state index contributed by atoms with van der Waals surface area (Å²) in [7, 11) is 0. The van der Waals surface area contributed by atoms with Gasteiger partial charge in [-0.3, -0.25) is 0 Å². The maximum absolute atomic E-state index is 13.1. The minimum Gasteiger partial charge on any atom is -0.386 e. The van der Waals surface area contributed by atoms with Crippen LogP contribution < -0.4 is 0 Å². The molecule has 1 aromatic rings. The summed E-state index contributed by atoms with van der Waals surface area (Å²) >= 11 is 0. The van der Waals surface area contributed by atoms with Crippen LogP contribution in [0.1, 0.15) is 44.9 Å². The van der Waals surface area contributed by atoms with Crippen molar-refractivity contribution >= 4 is 0 Å². The first-order valence-electron chi connectivity index (χ1n) is 6.33. The molecule has 2 atom stereocenters. The molecule has 18 heavy (non-hydrogen) atoms. The molecule has 3 heteroatoms. The lowest BCUT2D eigenvalue weighted by molar-refractivity contribution is -0.0900. The molecule has 0 aliphatic rings. The average molecular weight is 254 g/mol. The molecule has 0 heterocycles. The van der Waals surface area contributed by atoms with Gasteiger partial charge in [-0.2, -0.15) is 0 Å². The summed E-state index contributed by atoms with van der Waals surface area (Å²) in [4.78, 5) is 0. The summed E-state index contributed by atoms with van der Waals surface area (Å²) in [6, 6.07) is 4.44. The number of halogens is 1. The summed E-state index contributed by atoms with van der Waals surface area (Å²) < 4.78 is 18.7. The average Bonchev–Trinajstić information content (AvgIpc) is 2.23. The monoisotopic (exact) mass is 254 g/mol. The van der Waals surface area contributed by atoms with Gasteiger partial charge < -0.3 is 9.84 Å². The zero-order chi connectivity index (χ0) is 13.9.